The number of nitrogens with one attached hydrogen (secondary N) is 2. The summed E-state index contributed by atoms with van der Waals surface area (Å²) in [5.74, 6) is -1.78. The Morgan fingerprint density at radius 2 is 1.85 bits per heavy atom. The number of thioether (sulfide) groups is 1. The molecule has 11 heteroatoms. The van der Waals surface area contributed by atoms with Crippen LogP contribution in [0.3, 0.4) is 0 Å². The highest BCUT2D eigenvalue weighted by Crippen LogP contribution is 2.21. The van der Waals surface area contributed by atoms with Crippen LogP contribution in [0.5, 0.6) is 0 Å². The largest absolute Gasteiger partial charge is 0.480 e. The Bertz CT molecular complexity index is 817. The van der Waals surface area contributed by atoms with Crippen LogP contribution >= 0.6 is 27.7 Å². The van der Waals surface area contributed by atoms with Crippen molar-refractivity contribution in [3.05, 3.63) is 34.3 Å². The summed E-state index contributed by atoms with van der Waals surface area (Å²) < 4.78 is 6.30. The van der Waals surface area contributed by atoms with Gasteiger partial charge in [-0.2, -0.15) is 11.8 Å². The second kappa shape index (κ2) is 14.2. The first-order chi connectivity index (χ1) is 15.7. The van der Waals surface area contributed by atoms with Crippen molar-refractivity contribution in [1.82, 2.24) is 10.6 Å². The molecule has 1 aliphatic carbocycles. The number of ether oxygens (including phenoxy) is 1. The minimum absolute atomic E-state index is 0.0464. The first kappa shape index (κ1) is 27.1. The van der Waals surface area contributed by atoms with Crippen molar-refractivity contribution in [3.63, 3.8) is 0 Å². The maximum atomic E-state index is 12.7. The Labute approximate surface area is 205 Å². The number of carboxylic acid groups (broad SMARTS) is 1. The van der Waals surface area contributed by atoms with E-state index >= 15 is 0 Å². The summed E-state index contributed by atoms with van der Waals surface area (Å²) in [6.45, 7) is -0.275. The molecule has 0 aliphatic heterocycles. The van der Waals surface area contributed by atoms with Crippen molar-refractivity contribution in [2.75, 3.05) is 12.3 Å². The average molecular weight is 544 g/mol. The molecule has 0 unspecified atom stereocenters. The molecule has 2 amide bonds. The minimum Gasteiger partial charge on any atom is -0.480 e. The van der Waals surface area contributed by atoms with Gasteiger partial charge in [-0.25, -0.2) is 0 Å². The topological polar surface area (TPSA) is 148 Å². The number of carbonyl (C=O) groups is 4. The molecular formula is C22H30BrN3O6S. The van der Waals surface area contributed by atoms with Gasteiger partial charge in [-0.15, -0.1) is 0 Å². The molecule has 33 heavy (non-hydrogen) atoms. The van der Waals surface area contributed by atoms with Gasteiger partial charge in [-0.3, -0.25) is 19.2 Å². The van der Waals surface area contributed by atoms with Gasteiger partial charge in [0.2, 0.25) is 11.8 Å². The van der Waals surface area contributed by atoms with E-state index in [1.807, 2.05) is 24.3 Å². The SMILES string of the molecule is N[C@@H](CCC(=O)N[C@@H](CSCc1ccc(Br)cc1)C(=O)NCC(=O)OC1CCCC1)C(=O)O. The number of esters is 1. The van der Waals surface area contributed by atoms with Crippen molar-refractivity contribution in [3.8, 4) is 0 Å². The van der Waals surface area contributed by atoms with Crippen LogP contribution in [-0.2, 0) is 29.7 Å². The van der Waals surface area contributed by atoms with Gasteiger partial charge in [0.05, 0.1) is 0 Å². The zero-order valence-electron chi connectivity index (χ0n) is 18.3. The monoisotopic (exact) mass is 543 g/mol. The number of carboxylic acids is 1. The molecule has 0 spiro atoms. The molecule has 0 heterocycles. The normalized spacial score (nSPS) is 15.5. The fourth-order valence-corrected chi connectivity index (χ4v) is 4.53. The smallest absolute Gasteiger partial charge is 0.325 e. The molecule has 1 fully saturated rings. The Hall–Kier alpha value is -2.11. The van der Waals surface area contributed by atoms with Crippen LogP contribution in [0.2, 0.25) is 0 Å². The molecule has 1 saturated carbocycles. The van der Waals surface area contributed by atoms with E-state index in [1.54, 1.807) is 0 Å². The predicted molar refractivity (Wildman–Crippen MR) is 128 cm³/mol. The van der Waals surface area contributed by atoms with E-state index in [9.17, 15) is 19.2 Å². The van der Waals surface area contributed by atoms with Gasteiger partial charge >= 0.3 is 11.9 Å². The maximum absolute atomic E-state index is 12.7. The second-order valence-corrected chi connectivity index (χ2v) is 9.81. The number of nitrogens with two attached hydrogens (primary N) is 1. The molecule has 2 atom stereocenters. The molecule has 182 valence electrons. The van der Waals surface area contributed by atoms with Crippen molar-refractivity contribution in [1.29, 1.82) is 0 Å². The van der Waals surface area contributed by atoms with Crippen LogP contribution in [0, 0.1) is 0 Å². The van der Waals surface area contributed by atoms with Crippen LogP contribution in [0.1, 0.15) is 44.1 Å². The lowest BCUT2D eigenvalue weighted by Gasteiger charge is -2.19. The highest BCUT2D eigenvalue weighted by molar-refractivity contribution is 9.10. The molecule has 5 N–H and O–H groups in total. The van der Waals surface area contributed by atoms with E-state index in [0.29, 0.717) is 5.75 Å². The Morgan fingerprint density at radius 1 is 1.18 bits per heavy atom. The molecule has 1 aromatic rings. The predicted octanol–water partition coefficient (Wildman–Crippen LogP) is 1.96. The quantitative estimate of drug-likeness (QED) is 0.276. The summed E-state index contributed by atoms with van der Waals surface area (Å²) >= 11 is 4.84. The van der Waals surface area contributed by atoms with E-state index in [4.69, 9.17) is 15.6 Å². The summed E-state index contributed by atoms with van der Waals surface area (Å²) in [6, 6.07) is 5.71. The first-order valence-electron chi connectivity index (χ1n) is 10.8. The van der Waals surface area contributed by atoms with Crippen LogP contribution < -0.4 is 16.4 Å². The summed E-state index contributed by atoms with van der Waals surface area (Å²) in [4.78, 5) is 47.8. The van der Waals surface area contributed by atoms with Crippen molar-refractivity contribution in [2.45, 2.75) is 62.5 Å². The van der Waals surface area contributed by atoms with Crippen molar-refractivity contribution >= 4 is 51.4 Å². The zero-order chi connectivity index (χ0) is 24.2. The third-order valence-electron chi connectivity index (χ3n) is 5.13. The number of benzene rings is 1. The van der Waals surface area contributed by atoms with Gasteiger partial charge in [0.25, 0.3) is 0 Å². The van der Waals surface area contributed by atoms with E-state index in [1.165, 1.54) is 11.8 Å². The molecule has 2 rings (SSSR count). The molecular weight excluding hydrogens is 514 g/mol. The molecule has 1 aromatic carbocycles. The second-order valence-electron chi connectivity index (χ2n) is 7.86. The Kier molecular flexibility index (Phi) is 11.7. The zero-order valence-corrected chi connectivity index (χ0v) is 20.7. The third kappa shape index (κ3) is 10.6. The number of carbonyl (C=O) groups excluding carboxylic acids is 3. The summed E-state index contributed by atoms with van der Waals surface area (Å²) in [6.07, 6.45) is 3.46. The summed E-state index contributed by atoms with van der Waals surface area (Å²) in [7, 11) is 0. The lowest BCUT2D eigenvalue weighted by molar-refractivity contribution is -0.148. The summed E-state index contributed by atoms with van der Waals surface area (Å²) in [5.41, 5.74) is 6.50. The van der Waals surface area contributed by atoms with Gasteiger partial charge < -0.3 is 26.2 Å². The maximum Gasteiger partial charge on any atom is 0.325 e. The van der Waals surface area contributed by atoms with Crippen LogP contribution in [0.15, 0.2) is 28.7 Å². The van der Waals surface area contributed by atoms with E-state index in [0.717, 1.165) is 35.7 Å². The van der Waals surface area contributed by atoms with E-state index in [-0.39, 0.29) is 31.2 Å². The highest BCUT2D eigenvalue weighted by atomic mass is 79.9. The molecule has 0 bridgehead atoms. The van der Waals surface area contributed by atoms with Gasteiger partial charge in [-0.1, -0.05) is 28.1 Å². The number of amides is 2. The molecule has 0 saturated heterocycles. The van der Waals surface area contributed by atoms with Crippen molar-refractivity contribution in [2.24, 2.45) is 5.73 Å². The van der Waals surface area contributed by atoms with E-state index in [2.05, 4.69) is 26.6 Å². The number of hydrogen-bond acceptors (Lipinski definition) is 7. The molecule has 9 nitrogen and oxygen atoms in total. The first-order valence-corrected chi connectivity index (χ1v) is 12.8. The fraction of sp³-hybridized carbons (Fsp3) is 0.545. The van der Waals surface area contributed by atoms with Gasteiger partial charge in [0.15, 0.2) is 0 Å². The van der Waals surface area contributed by atoms with E-state index < -0.39 is 35.8 Å². The molecule has 0 aromatic heterocycles. The lowest BCUT2D eigenvalue weighted by atomic mass is 10.1. The minimum atomic E-state index is -1.19. The number of aliphatic carboxylic acids is 1. The van der Waals surface area contributed by atoms with Gasteiger partial charge in [0, 0.05) is 22.4 Å². The van der Waals surface area contributed by atoms with Crippen LogP contribution in [0.4, 0.5) is 0 Å². The standard InChI is InChI=1S/C22H30BrN3O6S/c23-15-7-5-14(6-8-15)12-33-13-18(26-19(27)10-9-17(24)22(30)31)21(29)25-11-20(28)32-16-3-1-2-4-16/h5-8,16-18H,1-4,9-13,24H2,(H,25,29)(H,26,27)(H,30,31)/t17-,18-/m0/s1. The Morgan fingerprint density at radius 3 is 2.48 bits per heavy atom. The fourth-order valence-electron chi connectivity index (χ4n) is 3.25. The lowest BCUT2D eigenvalue weighted by Crippen LogP contribution is -2.49. The van der Waals surface area contributed by atoms with Crippen LogP contribution in [0.25, 0.3) is 0 Å². The number of hydrogen-bond donors (Lipinski definition) is 4. The molecule has 1 aliphatic rings. The third-order valence-corrected chi connectivity index (χ3v) is 6.76. The number of rotatable bonds is 13. The van der Waals surface area contributed by atoms with Crippen LogP contribution in [-0.4, -0.2) is 59.3 Å². The van der Waals surface area contributed by atoms with Gasteiger partial charge in [-0.05, 0) is 49.8 Å². The molecule has 0 radical (unpaired) electrons. The Balaban J connectivity index is 1.87. The number of halogens is 1. The summed E-state index contributed by atoms with van der Waals surface area (Å²) in [5, 5.41) is 14.0. The highest BCUT2D eigenvalue weighted by Gasteiger charge is 2.24. The van der Waals surface area contributed by atoms with Gasteiger partial charge in [0.1, 0.15) is 24.7 Å². The average Bonchev–Trinajstić information content (AvgIpc) is 3.29. The van der Waals surface area contributed by atoms with Crippen molar-refractivity contribution < 1.29 is 29.0 Å².